The van der Waals surface area contributed by atoms with E-state index in [4.69, 9.17) is 22.7 Å². The molecule has 0 saturated carbocycles. The van der Waals surface area contributed by atoms with Crippen LogP contribution < -0.4 is 11.1 Å². The number of nitrogens with two attached hydrogens (primary N) is 1. The lowest BCUT2D eigenvalue weighted by Crippen LogP contribution is -2.16. The van der Waals surface area contributed by atoms with E-state index >= 15 is 0 Å². The normalized spacial score (nSPS) is 18.8. The van der Waals surface area contributed by atoms with Gasteiger partial charge in [-0.3, -0.25) is 0 Å². The van der Waals surface area contributed by atoms with Gasteiger partial charge in [0.15, 0.2) is 0 Å². The van der Waals surface area contributed by atoms with E-state index in [-0.39, 0.29) is 0 Å². The van der Waals surface area contributed by atoms with Crippen molar-refractivity contribution in [3.05, 3.63) is 28.2 Å². The molecule has 98 valence electrons. The molecule has 1 atom stereocenters. The van der Waals surface area contributed by atoms with E-state index in [2.05, 4.69) is 21.2 Å². The topological polar surface area (TPSA) is 47.3 Å². The Kier molecular flexibility index (Phi) is 4.97. The largest absolute Gasteiger partial charge is 0.389 e. The third kappa shape index (κ3) is 3.43. The monoisotopic (exact) mass is 328 g/mol. The lowest BCUT2D eigenvalue weighted by molar-refractivity contribution is 0.185. The Labute approximate surface area is 121 Å². The highest BCUT2D eigenvalue weighted by Crippen LogP contribution is 2.25. The molecule has 1 aromatic carbocycles. The molecule has 0 aromatic heterocycles. The van der Waals surface area contributed by atoms with E-state index in [1.54, 1.807) is 0 Å². The molecular weight excluding hydrogens is 312 g/mol. The number of hydrogen-bond acceptors (Lipinski definition) is 3. The number of benzene rings is 1. The van der Waals surface area contributed by atoms with Crippen LogP contribution >= 0.6 is 28.1 Å². The highest BCUT2D eigenvalue weighted by molar-refractivity contribution is 9.10. The van der Waals surface area contributed by atoms with Crippen molar-refractivity contribution in [3.63, 3.8) is 0 Å². The smallest absolute Gasteiger partial charge is 0.107 e. The van der Waals surface area contributed by atoms with Gasteiger partial charge in [0.1, 0.15) is 4.99 Å². The number of halogens is 1. The van der Waals surface area contributed by atoms with Crippen molar-refractivity contribution in [2.45, 2.75) is 12.8 Å². The highest BCUT2D eigenvalue weighted by atomic mass is 79.9. The average Bonchev–Trinajstić information content (AvgIpc) is 2.81. The SMILES string of the molecule is NC(=S)c1c(Br)cccc1NCCC1CCOC1. The van der Waals surface area contributed by atoms with E-state index in [0.717, 1.165) is 41.9 Å². The number of hydrogen-bond donors (Lipinski definition) is 2. The maximum Gasteiger partial charge on any atom is 0.107 e. The van der Waals surface area contributed by atoms with Crippen molar-refractivity contribution in [1.29, 1.82) is 0 Å². The quantitative estimate of drug-likeness (QED) is 0.816. The predicted octanol–water partition coefficient (Wildman–Crippen LogP) is 2.92. The van der Waals surface area contributed by atoms with Crippen LogP contribution in [-0.2, 0) is 4.74 Å². The number of thiocarbonyl (C=S) groups is 1. The van der Waals surface area contributed by atoms with E-state index in [1.807, 2.05) is 18.2 Å². The fourth-order valence-electron chi connectivity index (χ4n) is 2.14. The van der Waals surface area contributed by atoms with Crippen molar-refractivity contribution in [2.75, 3.05) is 25.1 Å². The first kappa shape index (κ1) is 13.8. The van der Waals surface area contributed by atoms with Crippen LogP contribution in [0.15, 0.2) is 22.7 Å². The van der Waals surface area contributed by atoms with Crippen LogP contribution in [-0.4, -0.2) is 24.7 Å². The lowest BCUT2D eigenvalue weighted by atomic mass is 10.1. The maximum atomic E-state index is 5.75. The summed E-state index contributed by atoms with van der Waals surface area (Å²) < 4.78 is 6.30. The first-order valence-electron chi connectivity index (χ1n) is 6.08. The van der Waals surface area contributed by atoms with Crippen LogP contribution in [0.2, 0.25) is 0 Å². The second kappa shape index (κ2) is 6.50. The van der Waals surface area contributed by atoms with E-state index in [9.17, 15) is 0 Å². The Morgan fingerprint density at radius 3 is 3.06 bits per heavy atom. The molecule has 1 aliphatic rings. The molecule has 0 amide bonds. The third-order valence-corrected chi connectivity index (χ3v) is 4.02. The van der Waals surface area contributed by atoms with Crippen LogP contribution in [0, 0.1) is 5.92 Å². The summed E-state index contributed by atoms with van der Waals surface area (Å²) in [6, 6.07) is 5.93. The van der Waals surface area contributed by atoms with Gasteiger partial charge in [0.2, 0.25) is 0 Å². The van der Waals surface area contributed by atoms with Crippen molar-refractivity contribution in [3.8, 4) is 0 Å². The van der Waals surface area contributed by atoms with E-state index in [0.29, 0.717) is 10.9 Å². The van der Waals surface area contributed by atoms with Crippen molar-refractivity contribution < 1.29 is 4.74 Å². The van der Waals surface area contributed by atoms with Gasteiger partial charge in [0.25, 0.3) is 0 Å². The maximum absolute atomic E-state index is 5.75. The minimum atomic E-state index is 0.411. The minimum Gasteiger partial charge on any atom is -0.389 e. The Hall–Kier alpha value is -0.650. The molecule has 1 fully saturated rings. The summed E-state index contributed by atoms with van der Waals surface area (Å²) in [6.07, 6.45) is 2.28. The molecule has 1 aromatic rings. The molecule has 5 heteroatoms. The van der Waals surface area contributed by atoms with Gasteiger partial charge in [-0.15, -0.1) is 0 Å². The van der Waals surface area contributed by atoms with Crippen LogP contribution in [0.3, 0.4) is 0 Å². The van der Waals surface area contributed by atoms with Gasteiger partial charge in [0.05, 0.1) is 0 Å². The van der Waals surface area contributed by atoms with Crippen molar-refractivity contribution in [2.24, 2.45) is 11.7 Å². The molecule has 3 N–H and O–H groups in total. The summed E-state index contributed by atoms with van der Waals surface area (Å²) in [5.74, 6) is 0.679. The van der Waals surface area contributed by atoms with E-state index < -0.39 is 0 Å². The molecule has 3 nitrogen and oxygen atoms in total. The number of nitrogens with one attached hydrogen (secondary N) is 1. The zero-order valence-corrected chi connectivity index (χ0v) is 12.5. The van der Waals surface area contributed by atoms with Gasteiger partial charge in [0, 0.05) is 35.5 Å². The second-order valence-electron chi connectivity index (χ2n) is 4.47. The summed E-state index contributed by atoms with van der Waals surface area (Å²) in [6.45, 7) is 2.71. The molecule has 2 rings (SSSR count). The minimum absolute atomic E-state index is 0.411. The first-order chi connectivity index (χ1) is 8.68. The van der Waals surface area contributed by atoms with Gasteiger partial charge in [-0.1, -0.05) is 18.3 Å². The second-order valence-corrected chi connectivity index (χ2v) is 5.77. The Balaban J connectivity index is 1.96. The van der Waals surface area contributed by atoms with Crippen LogP contribution in [0.4, 0.5) is 5.69 Å². The van der Waals surface area contributed by atoms with Gasteiger partial charge in [-0.2, -0.15) is 0 Å². The van der Waals surface area contributed by atoms with Crippen LogP contribution in [0.1, 0.15) is 18.4 Å². The summed E-state index contributed by atoms with van der Waals surface area (Å²) >= 11 is 8.56. The number of rotatable bonds is 5. The van der Waals surface area contributed by atoms with Gasteiger partial charge < -0.3 is 15.8 Å². The zero-order valence-electron chi connectivity index (χ0n) is 10.1. The van der Waals surface area contributed by atoms with Crippen molar-refractivity contribution in [1.82, 2.24) is 0 Å². The predicted molar refractivity (Wildman–Crippen MR) is 82.1 cm³/mol. The molecule has 0 radical (unpaired) electrons. The molecule has 1 aliphatic heterocycles. The Morgan fingerprint density at radius 2 is 2.39 bits per heavy atom. The molecule has 1 heterocycles. The molecule has 1 unspecified atom stereocenters. The number of anilines is 1. The third-order valence-electron chi connectivity index (χ3n) is 3.15. The summed E-state index contributed by atoms with van der Waals surface area (Å²) in [7, 11) is 0. The van der Waals surface area contributed by atoms with E-state index in [1.165, 1.54) is 6.42 Å². The highest BCUT2D eigenvalue weighted by Gasteiger charge is 2.15. The lowest BCUT2D eigenvalue weighted by Gasteiger charge is -2.14. The summed E-state index contributed by atoms with van der Waals surface area (Å²) in [5, 5.41) is 3.41. The van der Waals surface area contributed by atoms with Crippen LogP contribution in [0.25, 0.3) is 0 Å². The molecule has 0 bridgehead atoms. The molecule has 0 aliphatic carbocycles. The number of ether oxygens (including phenoxy) is 1. The summed E-state index contributed by atoms with van der Waals surface area (Å²) in [4.78, 5) is 0.411. The van der Waals surface area contributed by atoms with Crippen LogP contribution in [0.5, 0.6) is 0 Å². The fourth-order valence-corrected chi connectivity index (χ4v) is 3.07. The van der Waals surface area contributed by atoms with Gasteiger partial charge in [-0.05, 0) is 46.8 Å². The summed E-state index contributed by atoms with van der Waals surface area (Å²) in [5.41, 5.74) is 7.63. The zero-order chi connectivity index (χ0) is 13.0. The molecule has 18 heavy (non-hydrogen) atoms. The molecular formula is C13H17BrN2OS. The molecule has 0 spiro atoms. The van der Waals surface area contributed by atoms with Crippen molar-refractivity contribution >= 4 is 38.8 Å². The Morgan fingerprint density at radius 1 is 1.56 bits per heavy atom. The fraction of sp³-hybridized carbons (Fsp3) is 0.462. The standard InChI is InChI=1S/C13H17BrN2OS/c14-10-2-1-3-11(12(10)13(15)18)16-6-4-9-5-7-17-8-9/h1-3,9,16H,4-8H2,(H2,15,18). The average molecular weight is 329 g/mol. The van der Waals surface area contributed by atoms with Gasteiger partial charge in [-0.25, -0.2) is 0 Å². The van der Waals surface area contributed by atoms with Gasteiger partial charge >= 0.3 is 0 Å². The molecule has 1 saturated heterocycles. The first-order valence-corrected chi connectivity index (χ1v) is 7.28. The Bertz CT molecular complexity index is 433.